The molecule has 0 fully saturated rings. The summed E-state index contributed by atoms with van der Waals surface area (Å²) in [6.07, 6.45) is 3.67. The molecule has 1 heterocycles. The lowest BCUT2D eigenvalue weighted by atomic mass is 10.1. The van der Waals surface area contributed by atoms with Gasteiger partial charge in [-0.2, -0.15) is 0 Å². The number of aromatic nitrogens is 1. The normalized spacial score (nSPS) is 10.9. The van der Waals surface area contributed by atoms with Crippen LogP contribution in [0.5, 0.6) is 0 Å². The van der Waals surface area contributed by atoms with Crippen LogP contribution >= 0.6 is 27.3 Å². The van der Waals surface area contributed by atoms with Crippen molar-refractivity contribution in [3.05, 3.63) is 16.1 Å². The van der Waals surface area contributed by atoms with Crippen LogP contribution in [0.15, 0.2) is 6.20 Å². The molecule has 0 aliphatic rings. The molecule has 1 amide bonds. The molecule has 17 heavy (non-hydrogen) atoms. The van der Waals surface area contributed by atoms with E-state index in [2.05, 4.69) is 34.8 Å². The maximum Gasteiger partial charge on any atom is 0.265 e. The number of rotatable bonds is 6. The van der Waals surface area contributed by atoms with Crippen molar-refractivity contribution in [3.63, 3.8) is 0 Å². The highest BCUT2D eigenvalue weighted by atomic mass is 79.9. The molecule has 0 saturated carbocycles. The molecular weight excluding hydrogens is 300 g/mol. The van der Waals surface area contributed by atoms with Crippen LogP contribution in [0.25, 0.3) is 0 Å². The van der Waals surface area contributed by atoms with Crippen LogP contribution in [-0.2, 0) is 0 Å². The minimum atomic E-state index is 0.115. The molecule has 0 saturated heterocycles. The number of nitrogens with zero attached hydrogens (tertiary/aromatic N) is 2. The Balaban J connectivity index is 2.86. The summed E-state index contributed by atoms with van der Waals surface area (Å²) in [5.41, 5.74) is 0. The Kier molecular flexibility index (Phi) is 6.12. The van der Waals surface area contributed by atoms with Crippen LogP contribution in [-0.4, -0.2) is 33.7 Å². The van der Waals surface area contributed by atoms with Gasteiger partial charge in [0.1, 0.15) is 4.88 Å². The number of alkyl halides is 1. The highest BCUT2D eigenvalue weighted by molar-refractivity contribution is 9.09. The zero-order valence-electron chi connectivity index (χ0n) is 10.6. The van der Waals surface area contributed by atoms with E-state index in [9.17, 15) is 4.79 Å². The third-order valence-electron chi connectivity index (χ3n) is 2.80. The maximum atomic E-state index is 12.4. The van der Waals surface area contributed by atoms with Crippen molar-refractivity contribution in [1.82, 2.24) is 9.88 Å². The minimum Gasteiger partial charge on any atom is -0.334 e. The van der Waals surface area contributed by atoms with Crippen molar-refractivity contribution >= 4 is 33.2 Å². The van der Waals surface area contributed by atoms with E-state index in [0.29, 0.717) is 6.04 Å². The van der Waals surface area contributed by atoms with Gasteiger partial charge in [-0.15, -0.1) is 11.3 Å². The molecule has 0 N–H and O–H groups in total. The monoisotopic (exact) mass is 318 g/mol. The number of aryl methyl sites for hydroxylation is 1. The molecule has 0 spiro atoms. The molecule has 96 valence electrons. The van der Waals surface area contributed by atoms with Crippen LogP contribution in [0.1, 0.15) is 41.4 Å². The zero-order valence-corrected chi connectivity index (χ0v) is 13.0. The SMILES string of the molecule is CCC(CC)N(CCBr)C(=O)c1cnc(C)s1. The number of hydrogen-bond donors (Lipinski definition) is 0. The topological polar surface area (TPSA) is 33.2 Å². The first-order chi connectivity index (χ1) is 8.13. The van der Waals surface area contributed by atoms with Crippen molar-refractivity contribution < 1.29 is 4.79 Å². The lowest BCUT2D eigenvalue weighted by molar-refractivity contribution is 0.0687. The fourth-order valence-electron chi connectivity index (χ4n) is 1.87. The highest BCUT2D eigenvalue weighted by Crippen LogP contribution is 2.18. The van der Waals surface area contributed by atoms with Crippen LogP contribution in [0.4, 0.5) is 0 Å². The van der Waals surface area contributed by atoms with Gasteiger partial charge in [0.05, 0.1) is 11.2 Å². The zero-order chi connectivity index (χ0) is 12.8. The Labute approximate surface area is 115 Å². The van der Waals surface area contributed by atoms with Crippen molar-refractivity contribution in [2.24, 2.45) is 0 Å². The van der Waals surface area contributed by atoms with Gasteiger partial charge in [-0.1, -0.05) is 29.8 Å². The predicted octanol–water partition coefficient (Wildman–Crippen LogP) is 3.48. The van der Waals surface area contributed by atoms with Crippen LogP contribution in [0, 0.1) is 6.92 Å². The van der Waals surface area contributed by atoms with Gasteiger partial charge in [0.25, 0.3) is 5.91 Å². The number of carbonyl (C=O) groups excluding carboxylic acids is 1. The third kappa shape index (κ3) is 3.78. The Morgan fingerprint density at radius 2 is 2.18 bits per heavy atom. The molecule has 0 radical (unpaired) electrons. The molecule has 3 nitrogen and oxygen atoms in total. The molecule has 1 rings (SSSR count). The van der Waals surface area contributed by atoms with Crippen molar-refractivity contribution in [3.8, 4) is 0 Å². The third-order valence-corrected chi connectivity index (χ3v) is 4.06. The Morgan fingerprint density at radius 1 is 1.53 bits per heavy atom. The van der Waals surface area contributed by atoms with Gasteiger partial charge in [0.15, 0.2) is 0 Å². The number of halogens is 1. The molecular formula is C12H19BrN2OS. The van der Waals surface area contributed by atoms with Crippen molar-refractivity contribution in [1.29, 1.82) is 0 Å². The summed E-state index contributed by atoms with van der Waals surface area (Å²) in [5.74, 6) is 0.115. The van der Waals surface area contributed by atoms with Crippen LogP contribution in [0.3, 0.4) is 0 Å². The van der Waals surface area contributed by atoms with E-state index in [0.717, 1.165) is 34.6 Å². The summed E-state index contributed by atoms with van der Waals surface area (Å²) < 4.78 is 0. The largest absolute Gasteiger partial charge is 0.334 e. The predicted molar refractivity (Wildman–Crippen MR) is 76.1 cm³/mol. The second-order valence-electron chi connectivity index (χ2n) is 3.90. The Hall–Kier alpha value is -0.420. The van der Waals surface area contributed by atoms with Gasteiger partial charge in [0, 0.05) is 17.9 Å². The van der Waals surface area contributed by atoms with E-state index < -0.39 is 0 Å². The summed E-state index contributed by atoms with van der Waals surface area (Å²) in [6.45, 7) is 6.93. The summed E-state index contributed by atoms with van der Waals surface area (Å²) >= 11 is 4.89. The fourth-order valence-corrected chi connectivity index (χ4v) is 2.99. The van der Waals surface area contributed by atoms with Crippen LogP contribution in [0.2, 0.25) is 0 Å². The first-order valence-electron chi connectivity index (χ1n) is 5.93. The molecule has 0 unspecified atom stereocenters. The lowest BCUT2D eigenvalue weighted by Gasteiger charge is -2.29. The molecule has 1 aromatic heterocycles. The second kappa shape index (κ2) is 7.11. The Bertz CT molecular complexity index is 363. The van der Waals surface area contributed by atoms with E-state index in [4.69, 9.17) is 0 Å². The smallest absolute Gasteiger partial charge is 0.265 e. The number of amides is 1. The van der Waals surface area contributed by atoms with E-state index >= 15 is 0 Å². The van der Waals surface area contributed by atoms with E-state index in [1.165, 1.54) is 11.3 Å². The quantitative estimate of drug-likeness (QED) is 0.752. The lowest BCUT2D eigenvalue weighted by Crippen LogP contribution is -2.40. The number of thiazole rings is 1. The summed E-state index contributed by atoms with van der Waals surface area (Å²) in [5, 5.41) is 1.75. The van der Waals surface area contributed by atoms with Gasteiger partial charge >= 0.3 is 0 Å². The average Bonchev–Trinajstić information content (AvgIpc) is 2.75. The maximum absolute atomic E-state index is 12.4. The van der Waals surface area contributed by atoms with Gasteiger partial charge in [-0.3, -0.25) is 4.79 Å². The first-order valence-corrected chi connectivity index (χ1v) is 7.87. The standard InChI is InChI=1S/C12H19BrN2OS/c1-4-10(5-2)15(7-6-13)12(16)11-8-14-9(3)17-11/h8,10H,4-7H2,1-3H3. The van der Waals surface area contributed by atoms with E-state index in [-0.39, 0.29) is 5.91 Å². The molecule has 0 aliphatic heterocycles. The van der Waals surface area contributed by atoms with Gasteiger partial charge in [-0.25, -0.2) is 4.98 Å². The Morgan fingerprint density at radius 3 is 2.59 bits per heavy atom. The minimum absolute atomic E-state index is 0.115. The molecule has 0 atom stereocenters. The second-order valence-corrected chi connectivity index (χ2v) is 5.93. The summed E-state index contributed by atoms with van der Waals surface area (Å²) in [6, 6.07) is 0.322. The summed E-state index contributed by atoms with van der Waals surface area (Å²) in [7, 11) is 0. The van der Waals surface area contributed by atoms with Gasteiger partial charge < -0.3 is 4.90 Å². The van der Waals surface area contributed by atoms with Gasteiger partial charge in [0.2, 0.25) is 0 Å². The number of hydrogen-bond acceptors (Lipinski definition) is 3. The van der Waals surface area contributed by atoms with E-state index in [1.807, 2.05) is 11.8 Å². The number of carbonyl (C=O) groups is 1. The summed E-state index contributed by atoms with van der Waals surface area (Å²) in [4.78, 5) is 19.2. The van der Waals surface area contributed by atoms with Crippen LogP contribution < -0.4 is 0 Å². The molecule has 0 aliphatic carbocycles. The van der Waals surface area contributed by atoms with Crippen molar-refractivity contribution in [2.45, 2.75) is 39.7 Å². The highest BCUT2D eigenvalue weighted by Gasteiger charge is 2.23. The van der Waals surface area contributed by atoms with E-state index in [1.54, 1.807) is 6.20 Å². The fraction of sp³-hybridized carbons (Fsp3) is 0.667. The average molecular weight is 319 g/mol. The molecule has 0 bridgehead atoms. The molecule has 1 aromatic rings. The first kappa shape index (κ1) is 14.6. The van der Waals surface area contributed by atoms with Crippen molar-refractivity contribution in [2.75, 3.05) is 11.9 Å². The molecule has 0 aromatic carbocycles. The van der Waals surface area contributed by atoms with Gasteiger partial charge in [-0.05, 0) is 19.8 Å². The molecule has 5 heteroatoms.